The van der Waals surface area contributed by atoms with Gasteiger partial charge in [-0.3, -0.25) is 0 Å². The first kappa shape index (κ1) is 130. The first-order chi connectivity index (χ1) is 69.2. The van der Waals surface area contributed by atoms with Crippen LogP contribution in [0.15, 0.2) is 51.1 Å². The van der Waals surface area contributed by atoms with Gasteiger partial charge in [0.25, 0.3) is 0 Å². The van der Waals surface area contributed by atoms with Crippen LogP contribution in [0.4, 0.5) is 4.79 Å². The van der Waals surface area contributed by atoms with Gasteiger partial charge in [0.1, 0.15) is 66.4 Å². The van der Waals surface area contributed by atoms with Crippen LogP contribution in [0.1, 0.15) is 640 Å². The van der Waals surface area contributed by atoms with E-state index >= 15 is 4.79 Å². The van der Waals surface area contributed by atoms with Crippen molar-refractivity contribution in [2.45, 2.75) is 655 Å². The Balaban J connectivity index is 2.86. The Morgan fingerprint density at radius 2 is 0.264 bits per heavy atom. The predicted octanol–water partition coefficient (Wildman–Crippen LogP) is 44.3. The van der Waals surface area contributed by atoms with E-state index in [1.54, 1.807) is 0 Å². The molecule has 0 aliphatic heterocycles. The molecule has 3 aromatic rings. The molecule has 0 heterocycles. The fourth-order valence-corrected chi connectivity index (χ4v) is 23.4. The largest absolute Gasteiger partial charge is 0.517 e. The van der Waals surface area contributed by atoms with Gasteiger partial charge in [0.15, 0.2) is 0 Å². The normalized spacial score (nSPS) is 11.8. The molecule has 0 aliphatic rings. The van der Waals surface area contributed by atoms with Crippen LogP contribution in [0.25, 0.3) is 0 Å². The monoisotopic (exact) mass is 1980 g/mol. The molecule has 0 bridgehead atoms. The van der Waals surface area contributed by atoms with Crippen LogP contribution in [0.2, 0.25) is 0 Å². The average Bonchev–Trinajstić information content (AvgIpc) is 0.703. The van der Waals surface area contributed by atoms with Gasteiger partial charge in [-0.2, -0.15) is 0 Å². The Morgan fingerprint density at radius 3 is 0.371 bits per heavy atom. The Kier molecular flexibility index (Phi) is 91.8. The maximum Gasteiger partial charge on any atom is 0.517 e. The van der Waals surface area contributed by atoms with Crippen molar-refractivity contribution in [2.24, 2.45) is 0 Å². The van der Waals surface area contributed by atoms with Gasteiger partial charge in [0, 0.05) is 46.7 Å². The minimum Gasteiger partial charge on any atom is -0.493 e. The third-order valence-electron chi connectivity index (χ3n) is 28.9. The van der Waals surface area contributed by atoms with E-state index in [9.17, 15) is 5.11 Å². The second-order valence-corrected chi connectivity index (χ2v) is 44.9. The zero-order chi connectivity index (χ0) is 100. The molecule has 3 aromatic carbocycles. The molecule has 0 aromatic heterocycles. The first-order valence-electron chi connectivity index (χ1n) is 62.2. The van der Waals surface area contributed by atoms with Crippen LogP contribution in [0, 0.1) is 0 Å². The molecule has 0 saturated heterocycles. The third kappa shape index (κ3) is 69.6. The molecule has 0 fully saturated rings. The topological polar surface area (TPSA) is 130 Å². The molecular formula is C127H232O12S. The van der Waals surface area contributed by atoms with Gasteiger partial charge in [0.05, 0.1) is 59.5 Å². The Labute approximate surface area is 870 Å². The molecule has 0 spiro atoms. The summed E-state index contributed by atoms with van der Waals surface area (Å²) in [4.78, 5) is 17.2. The van der Waals surface area contributed by atoms with Crippen molar-refractivity contribution in [3.63, 3.8) is 0 Å². The number of hydrogen-bond donors (Lipinski definition) is 1. The van der Waals surface area contributed by atoms with Crippen molar-refractivity contribution in [1.82, 2.24) is 0 Å². The zero-order valence-electron chi connectivity index (χ0n) is 94.3. The summed E-state index contributed by atoms with van der Waals surface area (Å²) in [5.74, 6) is 4.63. The lowest BCUT2D eigenvalue weighted by Gasteiger charge is -2.43. The highest BCUT2D eigenvalue weighted by molar-refractivity contribution is 8.30. The lowest BCUT2D eigenvalue weighted by Crippen LogP contribution is -2.20. The number of unbranched alkanes of at least 4 members (excludes halogenated alkanes) is 81. The van der Waals surface area contributed by atoms with Crippen molar-refractivity contribution in [2.75, 3.05) is 59.5 Å². The number of benzene rings is 3. The van der Waals surface area contributed by atoms with Crippen molar-refractivity contribution >= 4 is 16.5 Å². The summed E-state index contributed by atoms with van der Waals surface area (Å²) in [5, 5.41) is 12.9. The number of carbonyl (C=O) groups is 1. The Hall–Kier alpha value is -4.52. The van der Waals surface area contributed by atoms with E-state index in [1.165, 1.54) is 424 Å². The highest BCUT2D eigenvalue weighted by Crippen LogP contribution is 2.81. The molecule has 13 heteroatoms. The molecule has 0 atom stereocenters. The summed E-state index contributed by atoms with van der Waals surface area (Å²) in [6.45, 7) is 24.5. The van der Waals surface area contributed by atoms with Crippen LogP contribution in [-0.4, -0.2) is 70.7 Å². The van der Waals surface area contributed by atoms with Gasteiger partial charge in [-0.05, 0) is 57.8 Å². The molecule has 0 unspecified atom stereocenters. The predicted molar refractivity (Wildman–Crippen MR) is 607 cm³/mol. The maximum atomic E-state index is 15.8. The van der Waals surface area contributed by atoms with Gasteiger partial charge in [-0.25, -0.2) is 4.79 Å². The summed E-state index contributed by atoms with van der Waals surface area (Å²) < 4.78 is 75.8. The van der Waals surface area contributed by atoms with Gasteiger partial charge >= 0.3 is 6.16 Å². The van der Waals surface area contributed by atoms with E-state index < -0.39 is 16.5 Å². The van der Waals surface area contributed by atoms with Gasteiger partial charge in [-0.15, -0.1) is 0 Å². The summed E-state index contributed by atoms with van der Waals surface area (Å²) >= 11 is 0. The number of rotatable bonds is 112. The standard InChI is InChI=1S/C127H232O12S/c1-10-19-28-37-46-55-64-73-82-91-100-130-115-109-118(133-103-94-85-76-67-58-49-40-31-22-13-4)124(119(110-115)134-104-95-86-77-68-59-50-41-32-23-14-5)140(139-127(128)129,125-120(135-105-96-87-78-69-60-51-42-33-24-15-6)111-116(131-101-92-83-74-65-56-47-38-29-20-11-2)112-121(125)136-106-97-88-79-70-61-52-43-34-25-16-7)126-122(137-107-98-89-80-71-62-53-44-35-26-17-8)113-117(132-102-93-84-75-66-57-48-39-30-21-12-3)114-123(126)138-108-99-90-81-72-63-54-45-36-27-18-9/h109-114H,10-108H2,1-9H3,(H,128,129). The van der Waals surface area contributed by atoms with E-state index in [0.717, 1.165) is 154 Å². The summed E-state index contributed by atoms with van der Waals surface area (Å²) in [5.41, 5.74) is 0. The number of ether oxygens (including phenoxy) is 9. The lowest BCUT2D eigenvalue weighted by atomic mass is 10.1. The maximum absolute atomic E-state index is 15.8. The summed E-state index contributed by atoms with van der Waals surface area (Å²) in [7, 11) is -4.01. The fraction of sp³-hybridized carbons (Fsp3) is 0.850. The Bertz CT molecular complexity index is 2690. The molecule has 1 N–H and O–H groups in total. The summed E-state index contributed by atoms with van der Waals surface area (Å²) in [6, 6.07) is 12.4. The molecule has 0 saturated carbocycles. The molecule has 0 amide bonds. The molecular weight excluding hydrogens is 1750 g/mol. The quantitative estimate of drug-likeness (QED) is 0.0540. The molecule has 818 valence electrons. The van der Waals surface area contributed by atoms with Crippen molar-refractivity contribution in [3.05, 3.63) is 36.4 Å². The van der Waals surface area contributed by atoms with Crippen LogP contribution in [0.5, 0.6) is 51.7 Å². The Morgan fingerprint density at radius 1 is 0.164 bits per heavy atom. The third-order valence-corrected chi connectivity index (χ3v) is 32.2. The lowest BCUT2D eigenvalue weighted by molar-refractivity contribution is 0.149. The van der Waals surface area contributed by atoms with Crippen molar-refractivity contribution in [3.8, 4) is 51.7 Å². The van der Waals surface area contributed by atoms with Crippen LogP contribution in [-0.2, 0) is 4.18 Å². The molecule has 0 radical (unpaired) electrons. The second kappa shape index (κ2) is 99.1. The van der Waals surface area contributed by atoms with E-state index in [4.69, 9.17) is 46.8 Å². The highest BCUT2D eigenvalue weighted by Gasteiger charge is 2.51. The van der Waals surface area contributed by atoms with Gasteiger partial charge in [-0.1, -0.05) is 582 Å². The van der Waals surface area contributed by atoms with E-state index in [-0.39, 0.29) is 0 Å². The first-order valence-corrected chi connectivity index (χ1v) is 63.7. The number of hydrogen-bond acceptors (Lipinski definition) is 11. The fourth-order valence-electron chi connectivity index (χ4n) is 19.9. The van der Waals surface area contributed by atoms with Crippen molar-refractivity contribution < 1.29 is 56.7 Å². The smallest absolute Gasteiger partial charge is 0.493 e. The van der Waals surface area contributed by atoms with Crippen LogP contribution >= 0.6 is 10.3 Å². The van der Waals surface area contributed by atoms with Gasteiger partial charge < -0.3 is 51.9 Å². The highest BCUT2D eigenvalue weighted by atomic mass is 32.3. The molecule has 3 rings (SSSR count). The zero-order valence-corrected chi connectivity index (χ0v) is 95.1. The van der Waals surface area contributed by atoms with E-state index in [1.807, 2.05) is 0 Å². The van der Waals surface area contributed by atoms with Crippen LogP contribution < -0.4 is 42.6 Å². The minimum atomic E-state index is -4.01. The summed E-state index contributed by atoms with van der Waals surface area (Å²) in [6.07, 6.45) is 106. The minimum absolute atomic E-state index is 0.373. The van der Waals surface area contributed by atoms with Gasteiger partial charge in [0.2, 0.25) is 0 Å². The molecule has 140 heavy (non-hydrogen) atoms. The second-order valence-electron chi connectivity index (χ2n) is 42.4. The molecule has 0 aliphatic carbocycles. The van der Waals surface area contributed by atoms with Crippen LogP contribution in [0.3, 0.4) is 0 Å². The SMILES string of the molecule is CCCCCCCCCCCCOc1cc(OCCCCCCCCCCCC)c(S(OC(=O)O)(c2c(OCCCCCCCCCCCC)cc(OCCCCCCCCCCCC)cc2OCCCCCCCCCCCC)c2c(OCCCCCCCCCCCC)cc(OCCCCCCCCCCCC)cc2OCCCCCCCCCCCC)c(OCCCCCCCCCCCC)c1. The van der Waals surface area contributed by atoms with Crippen molar-refractivity contribution in [1.29, 1.82) is 0 Å². The van der Waals surface area contributed by atoms with E-state index in [0.29, 0.717) is 126 Å². The average molecular weight is 1980 g/mol. The molecule has 12 nitrogen and oxygen atoms in total. The van der Waals surface area contributed by atoms with E-state index in [2.05, 4.69) is 98.7 Å². The number of carboxylic acid groups (broad SMARTS) is 1.